The molecule has 0 radical (unpaired) electrons. The summed E-state index contributed by atoms with van der Waals surface area (Å²) in [7, 11) is 0. The van der Waals surface area contributed by atoms with Crippen molar-refractivity contribution >= 4 is 5.97 Å². The fraction of sp³-hybridized carbons (Fsp3) is 0.773. The molecule has 2 rings (SSSR count). The van der Waals surface area contributed by atoms with Crippen molar-refractivity contribution in [1.29, 1.82) is 0 Å². The second kappa shape index (κ2) is 10.2. The normalized spacial score (nSPS) is 31.0. The highest BCUT2D eigenvalue weighted by atomic mass is 19.4. The number of aliphatic carboxylic acids is 1. The number of alkyl halides is 4. The predicted molar refractivity (Wildman–Crippen MR) is 104 cm³/mol. The molecule has 0 aromatic rings. The molecule has 1 aliphatic carbocycles. The first kappa shape index (κ1) is 24.7. The van der Waals surface area contributed by atoms with Gasteiger partial charge in [-0.25, -0.2) is 4.39 Å². The Balaban J connectivity index is 2.04. The summed E-state index contributed by atoms with van der Waals surface area (Å²) in [5.74, 6) is -1.53. The molecule has 30 heavy (non-hydrogen) atoms. The Morgan fingerprint density at radius 1 is 1.30 bits per heavy atom. The Labute approximate surface area is 175 Å². The molecule has 172 valence electrons. The van der Waals surface area contributed by atoms with Crippen molar-refractivity contribution in [3.8, 4) is 0 Å². The van der Waals surface area contributed by atoms with Crippen LogP contribution < -0.4 is 0 Å². The number of allylic oxidation sites excluding steroid dienone is 3. The summed E-state index contributed by atoms with van der Waals surface area (Å²) in [4.78, 5) is 10.6. The second-order valence-electron chi connectivity index (χ2n) is 8.62. The van der Waals surface area contributed by atoms with E-state index in [9.17, 15) is 27.5 Å². The fourth-order valence-electron chi connectivity index (χ4n) is 4.33. The summed E-state index contributed by atoms with van der Waals surface area (Å²) in [6, 6.07) is 0. The van der Waals surface area contributed by atoms with Gasteiger partial charge in [-0.1, -0.05) is 31.9 Å². The molecule has 2 N–H and O–H groups in total. The number of halogens is 4. The van der Waals surface area contributed by atoms with E-state index in [2.05, 4.69) is 0 Å². The maximum atomic E-state index is 14.9. The first-order valence-electron chi connectivity index (χ1n) is 10.7. The van der Waals surface area contributed by atoms with Crippen LogP contribution >= 0.6 is 0 Å². The molecule has 1 saturated heterocycles. The van der Waals surface area contributed by atoms with E-state index in [-0.39, 0.29) is 30.6 Å². The average molecular weight is 436 g/mol. The molecule has 2 fully saturated rings. The molecule has 1 heterocycles. The number of ether oxygens (including phenoxy) is 1. The number of aliphatic hydroxyl groups is 1. The van der Waals surface area contributed by atoms with Crippen LogP contribution in [-0.4, -0.2) is 40.7 Å². The van der Waals surface area contributed by atoms with Gasteiger partial charge in [0, 0.05) is 12.3 Å². The summed E-state index contributed by atoms with van der Waals surface area (Å²) in [6.45, 7) is 2.83. The number of fused-ring (bicyclic) bond motifs is 1. The quantitative estimate of drug-likeness (QED) is 0.267. The minimum atomic E-state index is -4.55. The van der Waals surface area contributed by atoms with Crippen molar-refractivity contribution in [2.45, 2.75) is 89.8 Å². The number of aliphatic hydroxyl groups excluding tert-OH is 1. The van der Waals surface area contributed by atoms with E-state index in [4.69, 9.17) is 9.84 Å². The van der Waals surface area contributed by atoms with Crippen LogP contribution in [0.4, 0.5) is 17.6 Å². The largest absolute Gasteiger partial charge is 0.492 e. The van der Waals surface area contributed by atoms with Gasteiger partial charge in [0.25, 0.3) is 0 Å². The van der Waals surface area contributed by atoms with E-state index >= 15 is 0 Å². The van der Waals surface area contributed by atoms with E-state index in [0.29, 0.717) is 38.5 Å². The third kappa shape index (κ3) is 5.56. The summed E-state index contributed by atoms with van der Waals surface area (Å²) in [5.41, 5.74) is -2.24. The Bertz CT molecular complexity index is 646. The molecule has 0 amide bonds. The molecule has 0 bridgehead atoms. The number of carbonyl (C=O) groups is 1. The molecule has 0 spiro atoms. The Morgan fingerprint density at radius 2 is 2.00 bits per heavy atom. The Kier molecular flexibility index (Phi) is 8.36. The summed E-state index contributed by atoms with van der Waals surface area (Å²) < 4.78 is 61.3. The lowest BCUT2D eigenvalue weighted by molar-refractivity contribution is -0.244. The lowest BCUT2D eigenvalue weighted by Gasteiger charge is -2.35. The van der Waals surface area contributed by atoms with Gasteiger partial charge in [0.15, 0.2) is 6.17 Å². The van der Waals surface area contributed by atoms with Crippen LogP contribution in [0.1, 0.15) is 65.2 Å². The number of carboxylic acid groups (broad SMARTS) is 1. The number of hydrogen-bond donors (Lipinski definition) is 2. The monoisotopic (exact) mass is 436 g/mol. The van der Waals surface area contributed by atoms with Crippen LogP contribution in [0.25, 0.3) is 0 Å². The zero-order chi connectivity index (χ0) is 22.5. The molecule has 6 atom stereocenters. The van der Waals surface area contributed by atoms with Gasteiger partial charge in [0.2, 0.25) is 0 Å². The van der Waals surface area contributed by atoms with E-state index in [1.807, 2.05) is 0 Å². The minimum Gasteiger partial charge on any atom is -0.492 e. The highest BCUT2D eigenvalue weighted by molar-refractivity contribution is 5.66. The van der Waals surface area contributed by atoms with Gasteiger partial charge in [-0.15, -0.1) is 0 Å². The first-order chi connectivity index (χ1) is 14.0. The van der Waals surface area contributed by atoms with E-state index in [0.717, 1.165) is 6.92 Å². The Hall–Kier alpha value is -1.57. The maximum absolute atomic E-state index is 14.9. The van der Waals surface area contributed by atoms with Crippen LogP contribution in [0.2, 0.25) is 0 Å². The maximum Gasteiger partial charge on any atom is 0.397 e. The lowest BCUT2D eigenvalue weighted by atomic mass is 9.78. The van der Waals surface area contributed by atoms with Crippen molar-refractivity contribution < 1.29 is 37.3 Å². The van der Waals surface area contributed by atoms with Gasteiger partial charge < -0.3 is 14.9 Å². The lowest BCUT2D eigenvalue weighted by Crippen LogP contribution is -2.44. The van der Waals surface area contributed by atoms with Crippen molar-refractivity contribution in [3.63, 3.8) is 0 Å². The highest BCUT2D eigenvalue weighted by Gasteiger charge is 2.54. The molecule has 1 unspecified atom stereocenters. The Morgan fingerprint density at radius 3 is 2.60 bits per heavy atom. The SMILES string of the molecule is CCCCC(C)([C@H](O)C=C[C@H]1CC[C@H]2OC(=CCCCC(=O)O)[C@@H](F)[C@H]12)C(F)(F)F. The molecule has 1 aliphatic heterocycles. The number of unbranched alkanes of at least 4 members (excludes halogenated alkanes) is 2. The van der Waals surface area contributed by atoms with Gasteiger partial charge in [-0.2, -0.15) is 13.2 Å². The summed E-state index contributed by atoms with van der Waals surface area (Å²) in [6.07, 6.45) is -0.964. The van der Waals surface area contributed by atoms with Gasteiger partial charge in [-0.3, -0.25) is 4.79 Å². The second-order valence-corrected chi connectivity index (χ2v) is 8.62. The van der Waals surface area contributed by atoms with E-state index in [1.165, 1.54) is 12.2 Å². The van der Waals surface area contributed by atoms with Gasteiger partial charge in [-0.05, 0) is 51.0 Å². The number of rotatable bonds is 10. The standard InChI is InChI=1S/C22H32F4O4/c1-3-4-13-21(2,22(24,25)26)17(27)12-10-14-9-11-15-19(14)20(23)16(30-15)7-5-6-8-18(28)29/h7,10,12,14-15,17,19-20,27H,3-6,8-9,11,13H2,1-2H3,(H,28,29)/t14-,15-,17-,19-,20-,21?/m1/s1. The molecule has 2 aliphatic rings. The molecule has 8 heteroatoms. The summed E-state index contributed by atoms with van der Waals surface area (Å²) >= 11 is 0. The van der Waals surface area contributed by atoms with Gasteiger partial charge >= 0.3 is 12.1 Å². The van der Waals surface area contributed by atoms with Crippen molar-refractivity contribution in [1.82, 2.24) is 0 Å². The molecule has 0 aromatic heterocycles. The topological polar surface area (TPSA) is 66.8 Å². The zero-order valence-electron chi connectivity index (χ0n) is 17.5. The fourth-order valence-corrected chi connectivity index (χ4v) is 4.33. The highest BCUT2D eigenvalue weighted by Crippen LogP contribution is 2.48. The van der Waals surface area contributed by atoms with Crippen LogP contribution in [0.5, 0.6) is 0 Å². The predicted octanol–water partition coefficient (Wildman–Crippen LogP) is 5.56. The van der Waals surface area contributed by atoms with Crippen molar-refractivity contribution in [3.05, 3.63) is 24.0 Å². The van der Waals surface area contributed by atoms with Crippen molar-refractivity contribution in [2.24, 2.45) is 17.3 Å². The third-order valence-electron chi connectivity index (χ3n) is 6.44. The van der Waals surface area contributed by atoms with E-state index in [1.54, 1.807) is 13.0 Å². The van der Waals surface area contributed by atoms with Crippen molar-refractivity contribution in [2.75, 3.05) is 0 Å². The first-order valence-corrected chi connectivity index (χ1v) is 10.7. The van der Waals surface area contributed by atoms with Crippen LogP contribution in [0.3, 0.4) is 0 Å². The molecular weight excluding hydrogens is 404 g/mol. The van der Waals surface area contributed by atoms with E-state index < -0.39 is 35.8 Å². The van der Waals surface area contributed by atoms with Gasteiger partial charge in [0.1, 0.15) is 11.9 Å². The van der Waals surface area contributed by atoms with Crippen LogP contribution in [-0.2, 0) is 9.53 Å². The molecule has 0 aromatic carbocycles. The summed E-state index contributed by atoms with van der Waals surface area (Å²) in [5, 5.41) is 19.0. The van der Waals surface area contributed by atoms with Crippen LogP contribution in [0.15, 0.2) is 24.0 Å². The van der Waals surface area contributed by atoms with Crippen LogP contribution in [0, 0.1) is 17.3 Å². The van der Waals surface area contributed by atoms with Gasteiger partial charge in [0.05, 0.1) is 11.5 Å². The molecule has 1 saturated carbocycles. The number of hydrogen-bond acceptors (Lipinski definition) is 3. The smallest absolute Gasteiger partial charge is 0.397 e. The molecular formula is C22H32F4O4. The zero-order valence-corrected chi connectivity index (χ0v) is 17.5. The number of carboxylic acids is 1. The minimum absolute atomic E-state index is 0.00710. The average Bonchev–Trinajstić information content (AvgIpc) is 3.20. The molecule has 4 nitrogen and oxygen atoms in total. The third-order valence-corrected chi connectivity index (χ3v) is 6.44.